The maximum Gasteiger partial charge on any atom is 0.416 e. The number of halogens is 3. The second-order valence-electron chi connectivity index (χ2n) is 4.08. The van der Waals surface area contributed by atoms with E-state index in [1.807, 2.05) is 0 Å². The van der Waals surface area contributed by atoms with Crippen molar-refractivity contribution in [3.8, 4) is 5.75 Å². The van der Waals surface area contributed by atoms with E-state index < -0.39 is 28.3 Å². The molecule has 1 heterocycles. The Labute approximate surface area is 114 Å². The molecule has 1 unspecified atom stereocenters. The zero-order chi connectivity index (χ0) is 14.9. The molecule has 9 heteroatoms. The molecule has 0 fully saturated rings. The molecule has 2 rings (SSSR count). The van der Waals surface area contributed by atoms with Gasteiger partial charge in [-0.05, 0) is 23.8 Å². The van der Waals surface area contributed by atoms with Gasteiger partial charge in [-0.1, -0.05) is 0 Å². The second kappa shape index (κ2) is 5.23. The van der Waals surface area contributed by atoms with Crippen LogP contribution in [0, 0.1) is 0 Å². The summed E-state index contributed by atoms with van der Waals surface area (Å²) in [6.07, 6.45) is -1.88. The SMILES string of the molecule is CS(=O)c1nncn1Cc1cc(O)cc(C(F)(F)F)c1. The van der Waals surface area contributed by atoms with Gasteiger partial charge in [0, 0.05) is 6.26 Å². The van der Waals surface area contributed by atoms with Gasteiger partial charge in [0.2, 0.25) is 5.16 Å². The third kappa shape index (κ3) is 3.16. The van der Waals surface area contributed by atoms with Crippen molar-refractivity contribution < 1.29 is 22.5 Å². The molecule has 0 aliphatic rings. The number of aromatic hydroxyl groups is 1. The lowest BCUT2D eigenvalue weighted by Crippen LogP contribution is -2.08. The molecule has 0 saturated carbocycles. The molecular weight excluding hydrogens is 295 g/mol. The van der Waals surface area contributed by atoms with Crippen molar-refractivity contribution in [1.82, 2.24) is 14.8 Å². The smallest absolute Gasteiger partial charge is 0.416 e. The van der Waals surface area contributed by atoms with Gasteiger partial charge in [-0.15, -0.1) is 10.2 Å². The van der Waals surface area contributed by atoms with Crippen molar-refractivity contribution in [3.63, 3.8) is 0 Å². The number of phenolic OH excluding ortho intramolecular Hbond substituents is 1. The van der Waals surface area contributed by atoms with E-state index in [1.54, 1.807) is 0 Å². The van der Waals surface area contributed by atoms with E-state index in [2.05, 4.69) is 10.2 Å². The van der Waals surface area contributed by atoms with Gasteiger partial charge in [0.25, 0.3) is 0 Å². The van der Waals surface area contributed by atoms with Crippen molar-refractivity contribution in [2.45, 2.75) is 17.9 Å². The number of aromatic nitrogens is 3. The standard InChI is InChI=1S/C11H10F3N3O2S/c1-20(19)10-16-15-6-17(10)5-7-2-8(11(12,13)14)4-9(18)3-7/h2-4,6,18H,5H2,1H3. The predicted molar refractivity (Wildman–Crippen MR) is 64.6 cm³/mol. The minimum Gasteiger partial charge on any atom is -0.508 e. The maximum absolute atomic E-state index is 12.6. The monoisotopic (exact) mass is 305 g/mol. The Morgan fingerprint density at radius 3 is 2.65 bits per heavy atom. The van der Waals surface area contributed by atoms with Crippen molar-refractivity contribution >= 4 is 10.8 Å². The molecular formula is C11H10F3N3O2S. The Hall–Kier alpha value is -1.90. The average Bonchev–Trinajstić information content (AvgIpc) is 2.75. The first-order valence-corrected chi connectivity index (χ1v) is 6.94. The third-order valence-corrected chi connectivity index (χ3v) is 3.33. The third-order valence-electron chi connectivity index (χ3n) is 2.49. The fraction of sp³-hybridized carbons (Fsp3) is 0.273. The minimum atomic E-state index is -4.54. The topological polar surface area (TPSA) is 68.0 Å². The maximum atomic E-state index is 12.6. The van der Waals surface area contributed by atoms with E-state index in [4.69, 9.17) is 0 Å². The van der Waals surface area contributed by atoms with Gasteiger partial charge < -0.3 is 9.67 Å². The highest BCUT2D eigenvalue weighted by Crippen LogP contribution is 2.32. The highest BCUT2D eigenvalue weighted by molar-refractivity contribution is 7.84. The Balaban J connectivity index is 2.37. The second-order valence-corrected chi connectivity index (χ2v) is 5.35. The Bertz CT molecular complexity index is 655. The van der Waals surface area contributed by atoms with Crippen LogP contribution in [0.1, 0.15) is 11.1 Å². The van der Waals surface area contributed by atoms with E-state index in [-0.39, 0.29) is 17.3 Å². The van der Waals surface area contributed by atoms with Crippen LogP contribution in [-0.4, -0.2) is 30.3 Å². The Morgan fingerprint density at radius 1 is 1.35 bits per heavy atom. The first kappa shape index (κ1) is 14.5. The molecule has 0 spiro atoms. The summed E-state index contributed by atoms with van der Waals surface area (Å²) in [5, 5.41) is 16.7. The van der Waals surface area contributed by atoms with Crippen LogP contribution in [0.4, 0.5) is 13.2 Å². The molecule has 0 saturated heterocycles. The number of hydrogen-bond acceptors (Lipinski definition) is 4. The van der Waals surface area contributed by atoms with Crippen LogP contribution in [0.5, 0.6) is 5.75 Å². The molecule has 5 nitrogen and oxygen atoms in total. The molecule has 1 aromatic carbocycles. The molecule has 0 aliphatic heterocycles. The lowest BCUT2D eigenvalue weighted by molar-refractivity contribution is -0.137. The van der Waals surface area contributed by atoms with Crippen molar-refractivity contribution in [1.29, 1.82) is 0 Å². The number of alkyl halides is 3. The number of nitrogens with zero attached hydrogens (tertiary/aromatic N) is 3. The first-order chi connectivity index (χ1) is 9.27. The summed E-state index contributed by atoms with van der Waals surface area (Å²) in [5.74, 6) is -0.484. The highest BCUT2D eigenvalue weighted by Gasteiger charge is 2.31. The van der Waals surface area contributed by atoms with Crippen molar-refractivity contribution in [2.75, 3.05) is 6.26 Å². The van der Waals surface area contributed by atoms with Gasteiger partial charge in [0.15, 0.2) is 0 Å². The summed E-state index contributed by atoms with van der Waals surface area (Å²) >= 11 is 0. The lowest BCUT2D eigenvalue weighted by atomic mass is 10.1. The molecule has 1 atom stereocenters. The van der Waals surface area contributed by atoms with Crippen LogP contribution in [0.3, 0.4) is 0 Å². The quantitative estimate of drug-likeness (QED) is 0.938. The van der Waals surface area contributed by atoms with Crippen molar-refractivity contribution in [3.05, 3.63) is 35.7 Å². The van der Waals surface area contributed by atoms with E-state index >= 15 is 0 Å². The van der Waals surface area contributed by atoms with Crippen LogP contribution in [0.25, 0.3) is 0 Å². The van der Waals surface area contributed by atoms with Crippen LogP contribution >= 0.6 is 0 Å². The highest BCUT2D eigenvalue weighted by atomic mass is 32.2. The molecule has 1 aromatic heterocycles. The molecule has 0 amide bonds. The van der Waals surface area contributed by atoms with Gasteiger partial charge in [-0.25, -0.2) is 0 Å². The fourth-order valence-electron chi connectivity index (χ4n) is 1.70. The number of hydrogen-bond donors (Lipinski definition) is 1. The van der Waals surface area contributed by atoms with Crippen LogP contribution in [-0.2, 0) is 23.5 Å². The van der Waals surface area contributed by atoms with Gasteiger partial charge in [0.05, 0.1) is 22.9 Å². The van der Waals surface area contributed by atoms with E-state index in [0.29, 0.717) is 6.07 Å². The van der Waals surface area contributed by atoms with Gasteiger partial charge in [0.1, 0.15) is 12.1 Å². The molecule has 0 radical (unpaired) electrons. The zero-order valence-electron chi connectivity index (χ0n) is 10.3. The predicted octanol–water partition coefficient (Wildman–Crippen LogP) is 1.79. The summed E-state index contributed by atoms with van der Waals surface area (Å²) in [6.45, 7) is -0.0145. The first-order valence-electron chi connectivity index (χ1n) is 5.39. The van der Waals surface area contributed by atoms with Gasteiger partial charge >= 0.3 is 6.18 Å². The van der Waals surface area contributed by atoms with Crippen molar-refractivity contribution in [2.24, 2.45) is 0 Å². The van der Waals surface area contributed by atoms with Gasteiger partial charge in [-0.3, -0.25) is 4.21 Å². The van der Waals surface area contributed by atoms with E-state index in [9.17, 15) is 22.5 Å². The largest absolute Gasteiger partial charge is 0.508 e. The number of benzene rings is 1. The summed E-state index contributed by atoms with van der Waals surface area (Å²) < 4.78 is 50.7. The molecule has 2 aromatic rings. The Morgan fingerprint density at radius 2 is 2.05 bits per heavy atom. The molecule has 108 valence electrons. The normalized spacial score (nSPS) is 13.4. The molecule has 20 heavy (non-hydrogen) atoms. The van der Waals surface area contributed by atoms with Crippen LogP contribution in [0.2, 0.25) is 0 Å². The summed E-state index contributed by atoms with van der Waals surface area (Å²) in [7, 11) is -1.41. The average molecular weight is 305 g/mol. The summed E-state index contributed by atoms with van der Waals surface area (Å²) in [6, 6.07) is 2.77. The van der Waals surface area contributed by atoms with E-state index in [1.165, 1.54) is 23.2 Å². The zero-order valence-corrected chi connectivity index (χ0v) is 11.1. The summed E-state index contributed by atoms with van der Waals surface area (Å²) in [4.78, 5) is 0. The summed E-state index contributed by atoms with van der Waals surface area (Å²) in [5.41, 5.74) is -0.733. The molecule has 0 aliphatic carbocycles. The van der Waals surface area contributed by atoms with Gasteiger partial charge in [-0.2, -0.15) is 13.2 Å². The number of rotatable bonds is 3. The Kier molecular flexibility index (Phi) is 3.80. The van der Waals surface area contributed by atoms with E-state index in [0.717, 1.165) is 6.07 Å². The fourth-order valence-corrected chi connectivity index (χ4v) is 2.31. The number of phenols is 1. The minimum absolute atomic E-state index is 0.0145. The lowest BCUT2D eigenvalue weighted by Gasteiger charge is -2.11. The van der Waals surface area contributed by atoms with Crippen LogP contribution < -0.4 is 0 Å². The molecule has 1 N–H and O–H groups in total. The van der Waals surface area contributed by atoms with Crippen LogP contribution in [0.15, 0.2) is 29.7 Å². The molecule has 0 bridgehead atoms.